The molecule has 118 valence electrons. The molecule has 2 heteroatoms. The molecule has 21 heavy (non-hydrogen) atoms. The van der Waals surface area contributed by atoms with Gasteiger partial charge in [-0.15, -0.1) is 0 Å². The Morgan fingerprint density at radius 1 is 1.10 bits per heavy atom. The second-order valence-corrected chi connectivity index (χ2v) is 6.78. The summed E-state index contributed by atoms with van der Waals surface area (Å²) in [5.41, 5.74) is 1.52. The van der Waals surface area contributed by atoms with Crippen molar-refractivity contribution < 1.29 is 9.47 Å². The fourth-order valence-corrected chi connectivity index (χ4v) is 3.30. The van der Waals surface area contributed by atoms with E-state index >= 15 is 0 Å². The summed E-state index contributed by atoms with van der Waals surface area (Å²) < 4.78 is 11.8. The third-order valence-electron chi connectivity index (χ3n) is 5.08. The van der Waals surface area contributed by atoms with Crippen LogP contribution in [0.4, 0.5) is 0 Å². The highest BCUT2D eigenvalue weighted by atomic mass is 16.7. The van der Waals surface area contributed by atoms with Crippen LogP contribution in [0.5, 0.6) is 5.75 Å². The molecule has 0 aromatic heterocycles. The Hall–Kier alpha value is -1.02. The minimum absolute atomic E-state index is 0.141. The molecule has 1 aromatic carbocycles. The number of rotatable bonds is 6. The lowest BCUT2D eigenvalue weighted by molar-refractivity contribution is -0.145. The summed E-state index contributed by atoms with van der Waals surface area (Å²) in [6, 6.07) is 8.53. The zero-order valence-corrected chi connectivity index (χ0v) is 14.0. The van der Waals surface area contributed by atoms with Gasteiger partial charge in [-0.3, -0.25) is 0 Å². The molecule has 0 radical (unpaired) electrons. The number of benzene rings is 1. The number of ether oxygens (including phenoxy) is 2. The van der Waals surface area contributed by atoms with Gasteiger partial charge in [0, 0.05) is 12.5 Å². The summed E-state index contributed by atoms with van der Waals surface area (Å²) in [7, 11) is 1.76. The molecular weight excluding hydrogens is 260 g/mol. The molecule has 1 aliphatic rings. The zero-order valence-electron chi connectivity index (χ0n) is 14.0. The van der Waals surface area contributed by atoms with Crippen LogP contribution in [-0.4, -0.2) is 13.4 Å². The Morgan fingerprint density at radius 3 is 2.24 bits per heavy atom. The van der Waals surface area contributed by atoms with Gasteiger partial charge in [-0.25, -0.2) is 0 Å². The lowest BCUT2D eigenvalue weighted by Gasteiger charge is -2.39. The highest BCUT2D eigenvalue weighted by Crippen LogP contribution is 2.40. The molecule has 2 rings (SSSR count). The normalized spacial score (nSPS) is 20.8. The van der Waals surface area contributed by atoms with Crippen molar-refractivity contribution in [2.45, 2.75) is 71.5 Å². The maximum Gasteiger partial charge on any atom is 0.204 e. The first-order valence-electron chi connectivity index (χ1n) is 8.38. The maximum atomic E-state index is 6.15. The van der Waals surface area contributed by atoms with Crippen molar-refractivity contribution >= 4 is 0 Å². The van der Waals surface area contributed by atoms with E-state index in [2.05, 4.69) is 45.0 Å². The van der Waals surface area contributed by atoms with E-state index in [0.717, 1.165) is 5.75 Å². The highest BCUT2D eigenvalue weighted by molar-refractivity contribution is 5.29. The predicted octanol–water partition coefficient (Wildman–Crippen LogP) is 5.52. The van der Waals surface area contributed by atoms with E-state index in [-0.39, 0.29) is 11.7 Å². The molecule has 0 aliphatic heterocycles. The van der Waals surface area contributed by atoms with Gasteiger partial charge in [0.05, 0.1) is 0 Å². The second kappa shape index (κ2) is 7.31. The first-order chi connectivity index (χ1) is 10.1. The molecule has 0 N–H and O–H groups in total. The van der Waals surface area contributed by atoms with Gasteiger partial charge >= 0.3 is 0 Å². The number of hydrogen-bond acceptors (Lipinski definition) is 2. The Labute approximate surface area is 129 Å². The van der Waals surface area contributed by atoms with Crippen LogP contribution < -0.4 is 4.74 Å². The van der Waals surface area contributed by atoms with E-state index in [4.69, 9.17) is 9.47 Å². The Balaban J connectivity index is 2.04. The molecular formula is C19H30O2. The predicted molar refractivity (Wildman–Crippen MR) is 87.8 cm³/mol. The molecule has 0 heterocycles. The minimum Gasteiger partial charge on any atom is -0.464 e. The third kappa shape index (κ3) is 4.00. The van der Waals surface area contributed by atoms with Crippen LogP contribution in [0.3, 0.4) is 0 Å². The summed E-state index contributed by atoms with van der Waals surface area (Å²) in [5, 5.41) is 0. The molecule has 2 atom stereocenters. The molecule has 2 unspecified atom stereocenters. The lowest BCUT2D eigenvalue weighted by atomic mass is 9.75. The summed E-state index contributed by atoms with van der Waals surface area (Å²) >= 11 is 0. The van der Waals surface area contributed by atoms with E-state index < -0.39 is 0 Å². The Morgan fingerprint density at radius 2 is 1.71 bits per heavy atom. The molecule has 2 nitrogen and oxygen atoms in total. The lowest BCUT2D eigenvalue weighted by Crippen LogP contribution is -2.40. The van der Waals surface area contributed by atoms with Gasteiger partial charge in [0.25, 0.3) is 0 Å². The van der Waals surface area contributed by atoms with Gasteiger partial charge in [-0.1, -0.05) is 52.2 Å². The highest BCUT2D eigenvalue weighted by Gasteiger charge is 2.37. The van der Waals surface area contributed by atoms with Gasteiger partial charge in [-0.2, -0.15) is 0 Å². The molecule has 1 fully saturated rings. The summed E-state index contributed by atoms with van der Waals surface area (Å²) in [5.74, 6) is 1.52. The summed E-state index contributed by atoms with van der Waals surface area (Å²) in [6.45, 7) is 6.78. The molecule has 0 saturated heterocycles. The van der Waals surface area contributed by atoms with Crippen molar-refractivity contribution in [1.29, 1.82) is 0 Å². The maximum absolute atomic E-state index is 6.15. The van der Waals surface area contributed by atoms with E-state index in [1.54, 1.807) is 7.11 Å². The first-order valence-corrected chi connectivity index (χ1v) is 8.38. The van der Waals surface area contributed by atoms with E-state index in [9.17, 15) is 0 Å². The third-order valence-corrected chi connectivity index (χ3v) is 5.08. The van der Waals surface area contributed by atoms with Crippen molar-refractivity contribution in [2.75, 3.05) is 7.11 Å². The largest absolute Gasteiger partial charge is 0.464 e. The topological polar surface area (TPSA) is 18.5 Å². The van der Waals surface area contributed by atoms with E-state index in [1.165, 1.54) is 44.1 Å². The van der Waals surface area contributed by atoms with Crippen LogP contribution in [-0.2, 0) is 4.74 Å². The summed E-state index contributed by atoms with van der Waals surface area (Å²) in [4.78, 5) is 0. The molecule has 1 saturated carbocycles. The summed E-state index contributed by atoms with van der Waals surface area (Å²) in [6.07, 6.45) is 7.31. The number of hydrogen-bond donors (Lipinski definition) is 0. The number of methoxy groups -OCH3 is 1. The fraction of sp³-hybridized carbons (Fsp3) is 0.684. The molecule has 1 aromatic rings. The van der Waals surface area contributed by atoms with Gasteiger partial charge in [0.2, 0.25) is 6.29 Å². The van der Waals surface area contributed by atoms with Crippen LogP contribution in [0.15, 0.2) is 24.3 Å². The molecule has 0 bridgehead atoms. The SMILES string of the molecule is CCC(C)c1ccc(OC(OC)C2(C)CCCCC2)cc1. The van der Waals surface area contributed by atoms with Crippen LogP contribution in [0.25, 0.3) is 0 Å². The average Bonchev–Trinajstić information content (AvgIpc) is 2.53. The molecule has 1 aliphatic carbocycles. The average molecular weight is 290 g/mol. The Kier molecular flexibility index (Phi) is 5.69. The Bertz CT molecular complexity index is 418. The van der Waals surface area contributed by atoms with Crippen LogP contribution in [0.1, 0.15) is 70.8 Å². The van der Waals surface area contributed by atoms with Crippen molar-refractivity contribution in [3.05, 3.63) is 29.8 Å². The smallest absolute Gasteiger partial charge is 0.204 e. The quantitative estimate of drug-likeness (QED) is 0.642. The van der Waals surface area contributed by atoms with Gasteiger partial charge in [0.1, 0.15) is 5.75 Å². The minimum atomic E-state index is -0.146. The van der Waals surface area contributed by atoms with Crippen molar-refractivity contribution in [2.24, 2.45) is 5.41 Å². The van der Waals surface area contributed by atoms with Crippen molar-refractivity contribution in [1.82, 2.24) is 0 Å². The first kappa shape index (κ1) is 16.4. The van der Waals surface area contributed by atoms with Gasteiger partial charge in [0.15, 0.2) is 0 Å². The van der Waals surface area contributed by atoms with Crippen molar-refractivity contribution in [3.8, 4) is 5.75 Å². The van der Waals surface area contributed by atoms with Crippen LogP contribution in [0.2, 0.25) is 0 Å². The molecule has 0 amide bonds. The van der Waals surface area contributed by atoms with E-state index in [0.29, 0.717) is 5.92 Å². The molecule has 0 spiro atoms. The standard InChI is InChI=1S/C19H30O2/c1-5-15(2)16-9-11-17(12-10-16)21-18(20-4)19(3)13-7-6-8-14-19/h9-12,15,18H,5-8,13-14H2,1-4H3. The fourth-order valence-electron chi connectivity index (χ4n) is 3.30. The van der Waals surface area contributed by atoms with Crippen LogP contribution >= 0.6 is 0 Å². The second-order valence-electron chi connectivity index (χ2n) is 6.78. The van der Waals surface area contributed by atoms with Gasteiger partial charge in [-0.05, 0) is 42.9 Å². The van der Waals surface area contributed by atoms with Gasteiger partial charge < -0.3 is 9.47 Å². The van der Waals surface area contributed by atoms with Crippen LogP contribution in [0, 0.1) is 5.41 Å². The monoisotopic (exact) mass is 290 g/mol. The van der Waals surface area contributed by atoms with E-state index in [1.807, 2.05) is 0 Å². The zero-order chi connectivity index (χ0) is 15.3. The van der Waals surface area contributed by atoms with Crippen molar-refractivity contribution in [3.63, 3.8) is 0 Å².